The van der Waals surface area contributed by atoms with Gasteiger partial charge in [-0.2, -0.15) is 0 Å². The van der Waals surface area contributed by atoms with Crippen LogP contribution in [0.1, 0.15) is 81.5 Å². The van der Waals surface area contributed by atoms with Crippen molar-refractivity contribution in [3.05, 3.63) is 34.9 Å². The van der Waals surface area contributed by atoms with Crippen LogP contribution >= 0.6 is 0 Å². The van der Waals surface area contributed by atoms with Crippen molar-refractivity contribution in [2.24, 2.45) is 5.92 Å². The Balaban J connectivity index is 2.15. The molecule has 21 heavy (non-hydrogen) atoms. The standard InChI is InChI=1S/C20H33N/c1-4-16-12-13-18(5-2)19(14-16)20(21-3)15-17-10-8-6-7-9-11-17/h12-14,17,20-21H,4-11,15H2,1-3H3. The minimum absolute atomic E-state index is 0.537. The quantitative estimate of drug-likeness (QED) is 0.688. The topological polar surface area (TPSA) is 12.0 Å². The van der Waals surface area contributed by atoms with Crippen molar-refractivity contribution in [2.75, 3.05) is 7.05 Å². The molecule has 0 saturated heterocycles. The second-order valence-corrected chi connectivity index (χ2v) is 6.67. The summed E-state index contributed by atoms with van der Waals surface area (Å²) in [6.07, 6.45) is 12.3. The maximum Gasteiger partial charge on any atom is 0.0323 e. The average molecular weight is 287 g/mol. The number of nitrogens with one attached hydrogen (secondary N) is 1. The Bertz CT molecular complexity index is 416. The summed E-state index contributed by atoms with van der Waals surface area (Å²) >= 11 is 0. The van der Waals surface area contributed by atoms with E-state index in [9.17, 15) is 0 Å². The third-order valence-corrected chi connectivity index (χ3v) is 5.27. The van der Waals surface area contributed by atoms with Gasteiger partial charge in [-0.15, -0.1) is 0 Å². The predicted molar refractivity (Wildman–Crippen MR) is 92.8 cm³/mol. The van der Waals surface area contributed by atoms with Gasteiger partial charge >= 0.3 is 0 Å². The van der Waals surface area contributed by atoms with Gasteiger partial charge in [0.15, 0.2) is 0 Å². The molecule has 0 bridgehead atoms. The Morgan fingerprint density at radius 3 is 2.33 bits per heavy atom. The Kier molecular flexibility index (Phi) is 6.76. The molecule has 0 heterocycles. The van der Waals surface area contributed by atoms with Crippen LogP contribution in [0.4, 0.5) is 0 Å². The molecule has 1 unspecified atom stereocenters. The maximum atomic E-state index is 3.61. The van der Waals surface area contributed by atoms with E-state index in [0.29, 0.717) is 6.04 Å². The largest absolute Gasteiger partial charge is 0.313 e. The lowest BCUT2D eigenvalue weighted by Crippen LogP contribution is -2.21. The lowest BCUT2D eigenvalue weighted by atomic mass is 9.86. The van der Waals surface area contributed by atoms with Crippen molar-refractivity contribution >= 4 is 0 Å². The van der Waals surface area contributed by atoms with Crippen LogP contribution < -0.4 is 5.32 Å². The van der Waals surface area contributed by atoms with Gasteiger partial charge in [0.1, 0.15) is 0 Å². The predicted octanol–water partition coefficient (Wildman–Crippen LogP) is 5.43. The molecule has 1 atom stereocenters. The molecule has 1 aromatic carbocycles. The zero-order valence-electron chi connectivity index (χ0n) is 14.3. The summed E-state index contributed by atoms with van der Waals surface area (Å²) in [6, 6.07) is 7.65. The molecule has 0 aromatic heterocycles. The molecule has 1 N–H and O–H groups in total. The van der Waals surface area contributed by atoms with E-state index < -0.39 is 0 Å². The van der Waals surface area contributed by atoms with Crippen molar-refractivity contribution < 1.29 is 0 Å². The zero-order chi connectivity index (χ0) is 15.1. The lowest BCUT2D eigenvalue weighted by molar-refractivity contribution is 0.367. The van der Waals surface area contributed by atoms with Crippen LogP contribution in [0, 0.1) is 5.92 Å². The molecule has 1 aliphatic carbocycles. The van der Waals surface area contributed by atoms with Crippen LogP contribution in [0.3, 0.4) is 0 Å². The smallest absolute Gasteiger partial charge is 0.0323 e. The highest BCUT2D eigenvalue weighted by Gasteiger charge is 2.20. The van der Waals surface area contributed by atoms with Gasteiger partial charge in [-0.25, -0.2) is 0 Å². The van der Waals surface area contributed by atoms with Gasteiger partial charge in [0, 0.05) is 6.04 Å². The first-order chi connectivity index (χ1) is 10.3. The Labute approximate surface area is 131 Å². The molecule has 1 heteroatoms. The molecule has 1 nitrogen and oxygen atoms in total. The van der Waals surface area contributed by atoms with Crippen LogP contribution in [0.5, 0.6) is 0 Å². The van der Waals surface area contributed by atoms with Gasteiger partial charge in [0.2, 0.25) is 0 Å². The fourth-order valence-electron chi connectivity index (χ4n) is 3.84. The molecular formula is C20H33N. The minimum atomic E-state index is 0.537. The van der Waals surface area contributed by atoms with E-state index in [1.54, 1.807) is 5.56 Å². The summed E-state index contributed by atoms with van der Waals surface area (Å²) in [7, 11) is 2.14. The highest BCUT2D eigenvalue weighted by molar-refractivity contribution is 5.34. The van der Waals surface area contributed by atoms with E-state index in [2.05, 4.69) is 44.4 Å². The number of aryl methyl sites for hydroxylation is 2. The van der Waals surface area contributed by atoms with Crippen LogP contribution in [-0.2, 0) is 12.8 Å². The molecule has 0 aliphatic heterocycles. The Hall–Kier alpha value is -0.820. The number of hydrogen-bond acceptors (Lipinski definition) is 1. The summed E-state index contributed by atoms with van der Waals surface area (Å²) in [6.45, 7) is 4.53. The fraction of sp³-hybridized carbons (Fsp3) is 0.700. The van der Waals surface area contributed by atoms with Gasteiger partial charge in [-0.3, -0.25) is 0 Å². The molecule has 2 rings (SSSR count). The Morgan fingerprint density at radius 2 is 1.76 bits per heavy atom. The summed E-state index contributed by atoms with van der Waals surface area (Å²) in [5, 5.41) is 3.61. The van der Waals surface area contributed by atoms with Crippen molar-refractivity contribution in [1.82, 2.24) is 5.32 Å². The highest BCUT2D eigenvalue weighted by Crippen LogP contribution is 2.32. The molecular weight excluding hydrogens is 254 g/mol. The summed E-state index contributed by atoms with van der Waals surface area (Å²) in [5.41, 5.74) is 4.56. The molecule has 1 saturated carbocycles. The molecule has 1 fully saturated rings. The molecule has 0 radical (unpaired) electrons. The number of rotatable bonds is 6. The van der Waals surface area contributed by atoms with Crippen LogP contribution in [0.25, 0.3) is 0 Å². The Morgan fingerprint density at radius 1 is 1.05 bits per heavy atom. The first-order valence-electron chi connectivity index (χ1n) is 9.07. The average Bonchev–Trinajstić information content (AvgIpc) is 2.80. The molecule has 1 aliphatic rings. The van der Waals surface area contributed by atoms with Crippen molar-refractivity contribution in [3.63, 3.8) is 0 Å². The van der Waals surface area contributed by atoms with E-state index in [4.69, 9.17) is 0 Å². The second-order valence-electron chi connectivity index (χ2n) is 6.67. The molecule has 118 valence electrons. The first-order valence-corrected chi connectivity index (χ1v) is 9.07. The van der Waals surface area contributed by atoms with E-state index in [1.165, 1.54) is 56.1 Å². The van der Waals surface area contributed by atoms with E-state index in [0.717, 1.165) is 18.8 Å². The van der Waals surface area contributed by atoms with E-state index >= 15 is 0 Å². The third kappa shape index (κ3) is 4.57. The molecule has 1 aromatic rings. The van der Waals surface area contributed by atoms with E-state index in [-0.39, 0.29) is 0 Å². The van der Waals surface area contributed by atoms with Gasteiger partial charge in [-0.1, -0.05) is 70.6 Å². The van der Waals surface area contributed by atoms with Crippen molar-refractivity contribution in [3.8, 4) is 0 Å². The van der Waals surface area contributed by atoms with E-state index in [1.807, 2.05) is 0 Å². The number of hydrogen-bond donors (Lipinski definition) is 1. The van der Waals surface area contributed by atoms with Gasteiger partial charge < -0.3 is 5.32 Å². The van der Waals surface area contributed by atoms with Gasteiger partial charge in [0.05, 0.1) is 0 Å². The lowest BCUT2D eigenvalue weighted by Gasteiger charge is -2.25. The highest BCUT2D eigenvalue weighted by atomic mass is 14.9. The van der Waals surface area contributed by atoms with Crippen LogP contribution in [0.2, 0.25) is 0 Å². The first kappa shape index (κ1) is 16.5. The monoisotopic (exact) mass is 287 g/mol. The number of benzene rings is 1. The van der Waals surface area contributed by atoms with Crippen molar-refractivity contribution in [1.29, 1.82) is 0 Å². The molecule has 0 amide bonds. The minimum Gasteiger partial charge on any atom is -0.313 e. The molecule has 0 spiro atoms. The van der Waals surface area contributed by atoms with Gasteiger partial charge in [0.25, 0.3) is 0 Å². The van der Waals surface area contributed by atoms with Crippen molar-refractivity contribution in [2.45, 2.75) is 77.7 Å². The second kappa shape index (κ2) is 8.58. The summed E-state index contributed by atoms with van der Waals surface area (Å²) in [5.74, 6) is 0.917. The summed E-state index contributed by atoms with van der Waals surface area (Å²) in [4.78, 5) is 0. The maximum absolute atomic E-state index is 3.61. The van der Waals surface area contributed by atoms with Crippen LogP contribution in [0.15, 0.2) is 18.2 Å². The normalized spacial score (nSPS) is 18.4. The van der Waals surface area contributed by atoms with Gasteiger partial charge in [-0.05, 0) is 48.9 Å². The fourth-order valence-corrected chi connectivity index (χ4v) is 3.84. The zero-order valence-corrected chi connectivity index (χ0v) is 14.3. The SMILES string of the molecule is CCc1ccc(CC)c(C(CC2CCCCCC2)NC)c1. The van der Waals surface area contributed by atoms with Crippen LogP contribution in [-0.4, -0.2) is 7.05 Å². The third-order valence-electron chi connectivity index (χ3n) is 5.27. The summed E-state index contributed by atoms with van der Waals surface area (Å²) < 4.78 is 0.